The third-order valence-corrected chi connectivity index (χ3v) is 6.46. The van der Waals surface area contributed by atoms with Gasteiger partial charge in [0.1, 0.15) is 0 Å². The summed E-state index contributed by atoms with van der Waals surface area (Å²) in [5.41, 5.74) is 1.05. The number of benzene rings is 1. The molecule has 146 valence electrons. The van der Waals surface area contributed by atoms with E-state index in [1.54, 1.807) is 18.2 Å². The molecule has 0 aromatic heterocycles. The normalized spacial score (nSPS) is 23.3. The first kappa shape index (κ1) is 18.6. The zero-order valence-electron chi connectivity index (χ0n) is 15.7. The van der Waals surface area contributed by atoms with Crippen molar-refractivity contribution >= 4 is 29.2 Å². The number of hydrogen-bond acceptors (Lipinski definition) is 2. The Kier molecular flexibility index (Phi) is 5.58. The number of carbonyl (C=O) groups is 2. The molecule has 1 aromatic rings. The van der Waals surface area contributed by atoms with Crippen LogP contribution in [0.25, 0.3) is 0 Å². The highest BCUT2D eigenvalue weighted by Crippen LogP contribution is 2.34. The maximum absolute atomic E-state index is 12.9. The molecule has 2 N–H and O–H groups in total. The second-order valence-electron chi connectivity index (χ2n) is 8.17. The van der Waals surface area contributed by atoms with Gasteiger partial charge >= 0.3 is 6.03 Å². The van der Waals surface area contributed by atoms with Crippen LogP contribution in [0, 0.1) is 5.92 Å². The van der Waals surface area contributed by atoms with Crippen molar-refractivity contribution in [3.05, 3.63) is 28.8 Å². The molecule has 2 aliphatic carbocycles. The van der Waals surface area contributed by atoms with Crippen LogP contribution in [0.1, 0.15) is 68.1 Å². The van der Waals surface area contributed by atoms with Gasteiger partial charge in [0.2, 0.25) is 0 Å². The molecule has 0 bridgehead atoms. The lowest BCUT2D eigenvalue weighted by atomic mass is 9.83. The molecule has 1 atom stereocenters. The first-order chi connectivity index (χ1) is 13.1. The minimum absolute atomic E-state index is 0.0565. The zero-order chi connectivity index (χ0) is 18.8. The number of halogens is 1. The van der Waals surface area contributed by atoms with Gasteiger partial charge in [-0.2, -0.15) is 0 Å². The van der Waals surface area contributed by atoms with Crippen molar-refractivity contribution in [2.45, 2.75) is 69.9 Å². The number of hydrogen-bond donors (Lipinski definition) is 2. The molecule has 6 heteroatoms. The molecule has 3 fully saturated rings. The summed E-state index contributed by atoms with van der Waals surface area (Å²) in [7, 11) is 0. The van der Waals surface area contributed by atoms with Crippen LogP contribution < -0.4 is 10.6 Å². The molecule has 4 rings (SSSR count). The molecule has 0 radical (unpaired) electrons. The lowest BCUT2D eigenvalue weighted by Crippen LogP contribution is -2.43. The Labute approximate surface area is 165 Å². The van der Waals surface area contributed by atoms with Crippen molar-refractivity contribution in [3.8, 4) is 0 Å². The molecule has 27 heavy (non-hydrogen) atoms. The number of nitrogens with one attached hydrogen (secondary N) is 2. The Hall–Kier alpha value is -1.75. The number of carbonyl (C=O) groups excluding carboxylic acids is 2. The Morgan fingerprint density at radius 3 is 2.52 bits per heavy atom. The molecule has 5 nitrogen and oxygen atoms in total. The lowest BCUT2D eigenvalue weighted by Gasteiger charge is -2.34. The molecule has 1 heterocycles. The number of rotatable bonds is 4. The lowest BCUT2D eigenvalue weighted by molar-refractivity contribution is 0.0951. The van der Waals surface area contributed by atoms with Crippen molar-refractivity contribution in [3.63, 3.8) is 0 Å². The zero-order valence-corrected chi connectivity index (χ0v) is 16.4. The largest absolute Gasteiger partial charge is 0.349 e. The summed E-state index contributed by atoms with van der Waals surface area (Å²) in [5.74, 6) is 0.469. The van der Waals surface area contributed by atoms with E-state index >= 15 is 0 Å². The maximum atomic E-state index is 12.9. The molecule has 1 aliphatic heterocycles. The Balaban J connectivity index is 1.43. The minimum Gasteiger partial charge on any atom is -0.349 e. The van der Waals surface area contributed by atoms with Crippen LogP contribution in [0.5, 0.6) is 0 Å². The van der Waals surface area contributed by atoms with E-state index in [0.29, 0.717) is 28.2 Å². The number of nitrogens with zero attached hydrogens (tertiary/aromatic N) is 1. The second-order valence-corrected chi connectivity index (χ2v) is 8.58. The summed E-state index contributed by atoms with van der Waals surface area (Å²) in [6.07, 6.45) is 10.6. The topological polar surface area (TPSA) is 61.4 Å². The summed E-state index contributed by atoms with van der Waals surface area (Å²) in [5, 5.41) is 6.35. The first-order valence-corrected chi connectivity index (χ1v) is 10.7. The number of amides is 3. The highest BCUT2D eigenvalue weighted by Gasteiger charge is 2.35. The highest BCUT2D eigenvalue weighted by molar-refractivity contribution is 6.34. The third kappa shape index (κ3) is 4.40. The predicted octanol–water partition coefficient (Wildman–Crippen LogP) is 4.81. The van der Waals surface area contributed by atoms with E-state index in [1.807, 2.05) is 4.90 Å². The van der Waals surface area contributed by atoms with Gasteiger partial charge in [-0.15, -0.1) is 0 Å². The van der Waals surface area contributed by atoms with Gasteiger partial charge in [-0.25, -0.2) is 4.79 Å². The Morgan fingerprint density at radius 2 is 1.78 bits per heavy atom. The van der Waals surface area contributed by atoms with Crippen LogP contribution in [-0.2, 0) is 0 Å². The molecule has 1 aromatic carbocycles. The van der Waals surface area contributed by atoms with Gasteiger partial charge in [-0.1, -0.05) is 30.9 Å². The maximum Gasteiger partial charge on any atom is 0.322 e. The van der Waals surface area contributed by atoms with Gasteiger partial charge in [0.05, 0.1) is 10.6 Å². The minimum atomic E-state index is -0.167. The van der Waals surface area contributed by atoms with E-state index in [-0.39, 0.29) is 18.0 Å². The van der Waals surface area contributed by atoms with Crippen molar-refractivity contribution in [1.29, 1.82) is 0 Å². The molecule has 3 amide bonds. The standard InChI is InChI=1S/C21H28ClN3O2/c22-18-11-10-16(13-17(18)20(26)23-15-8-9-15)24-21(27)25-12-4-7-19(25)14-5-2-1-3-6-14/h10-11,13-15,19H,1-9,12H2,(H,23,26)(H,24,27)/t19-/m0/s1. The molecule has 1 saturated heterocycles. The van der Waals surface area contributed by atoms with E-state index in [0.717, 1.165) is 32.2 Å². The van der Waals surface area contributed by atoms with E-state index in [4.69, 9.17) is 11.6 Å². The Bertz CT molecular complexity index is 713. The van der Waals surface area contributed by atoms with Crippen molar-refractivity contribution in [2.24, 2.45) is 5.92 Å². The quantitative estimate of drug-likeness (QED) is 0.776. The van der Waals surface area contributed by atoms with Gasteiger partial charge in [0, 0.05) is 24.3 Å². The van der Waals surface area contributed by atoms with Gasteiger partial charge in [-0.3, -0.25) is 4.79 Å². The summed E-state index contributed by atoms with van der Waals surface area (Å²) in [6, 6.07) is 5.70. The third-order valence-electron chi connectivity index (χ3n) is 6.13. The first-order valence-electron chi connectivity index (χ1n) is 10.3. The van der Waals surface area contributed by atoms with Gasteiger partial charge in [-0.05, 0) is 62.6 Å². The average Bonchev–Trinajstić information content (AvgIpc) is 3.35. The predicted molar refractivity (Wildman–Crippen MR) is 107 cm³/mol. The molecule has 0 spiro atoms. The van der Waals surface area contributed by atoms with Gasteiger partial charge in [0.15, 0.2) is 0 Å². The van der Waals surface area contributed by atoms with Crippen LogP contribution >= 0.6 is 11.6 Å². The summed E-state index contributed by atoms with van der Waals surface area (Å²) in [6.45, 7) is 0.815. The Morgan fingerprint density at radius 1 is 1.00 bits per heavy atom. The van der Waals surface area contributed by atoms with Crippen LogP contribution in [0.4, 0.5) is 10.5 Å². The molecular weight excluding hydrogens is 362 g/mol. The average molecular weight is 390 g/mol. The summed E-state index contributed by atoms with van der Waals surface area (Å²) in [4.78, 5) is 27.3. The van der Waals surface area contributed by atoms with Crippen LogP contribution in [0.2, 0.25) is 5.02 Å². The van der Waals surface area contributed by atoms with E-state index in [2.05, 4.69) is 10.6 Å². The highest BCUT2D eigenvalue weighted by atomic mass is 35.5. The van der Waals surface area contributed by atoms with Crippen molar-refractivity contribution in [1.82, 2.24) is 10.2 Å². The van der Waals surface area contributed by atoms with Crippen molar-refractivity contribution < 1.29 is 9.59 Å². The molecule has 3 aliphatic rings. The fourth-order valence-electron chi connectivity index (χ4n) is 4.52. The fraction of sp³-hybridized carbons (Fsp3) is 0.619. The molecule has 2 saturated carbocycles. The number of urea groups is 1. The summed E-state index contributed by atoms with van der Waals surface area (Å²) < 4.78 is 0. The van der Waals surface area contributed by atoms with E-state index in [9.17, 15) is 9.59 Å². The molecule has 0 unspecified atom stereocenters. The number of anilines is 1. The fourth-order valence-corrected chi connectivity index (χ4v) is 4.72. The van der Waals surface area contributed by atoms with Crippen molar-refractivity contribution in [2.75, 3.05) is 11.9 Å². The van der Waals surface area contributed by atoms with Gasteiger partial charge < -0.3 is 15.5 Å². The molecular formula is C21H28ClN3O2. The van der Waals surface area contributed by atoms with Crippen LogP contribution in [-0.4, -0.2) is 35.5 Å². The summed E-state index contributed by atoms with van der Waals surface area (Å²) >= 11 is 6.20. The SMILES string of the molecule is O=C(NC1CC1)c1cc(NC(=O)N2CCC[C@H]2C2CCCCC2)ccc1Cl. The van der Waals surface area contributed by atoms with Gasteiger partial charge in [0.25, 0.3) is 5.91 Å². The number of likely N-dealkylation sites (tertiary alicyclic amines) is 1. The smallest absolute Gasteiger partial charge is 0.322 e. The monoisotopic (exact) mass is 389 g/mol. The van der Waals surface area contributed by atoms with E-state index in [1.165, 1.54) is 32.1 Å². The second kappa shape index (κ2) is 8.09. The van der Waals surface area contributed by atoms with Crippen LogP contribution in [0.3, 0.4) is 0 Å². The van der Waals surface area contributed by atoms with Crippen LogP contribution in [0.15, 0.2) is 18.2 Å². The van der Waals surface area contributed by atoms with E-state index < -0.39 is 0 Å².